The molecule has 62 valence electrons. The predicted octanol–water partition coefficient (Wildman–Crippen LogP) is 1.67. The SMILES string of the molecule is C#C[C@](C)(O)c1ccc(F)cc1. The maximum Gasteiger partial charge on any atom is 0.147 e. The van der Waals surface area contributed by atoms with Crippen LogP contribution in [0.25, 0.3) is 0 Å². The number of benzene rings is 1. The fraction of sp³-hybridized carbons (Fsp3) is 0.200. The first-order chi connectivity index (χ1) is 5.56. The van der Waals surface area contributed by atoms with Gasteiger partial charge >= 0.3 is 0 Å². The molecule has 12 heavy (non-hydrogen) atoms. The molecule has 0 spiro atoms. The van der Waals surface area contributed by atoms with Gasteiger partial charge in [-0.2, -0.15) is 0 Å². The minimum absolute atomic E-state index is 0.341. The summed E-state index contributed by atoms with van der Waals surface area (Å²) in [4.78, 5) is 0. The van der Waals surface area contributed by atoms with Crippen molar-refractivity contribution in [2.75, 3.05) is 0 Å². The summed E-state index contributed by atoms with van der Waals surface area (Å²) in [6, 6.07) is 5.46. The first-order valence-electron chi connectivity index (χ1n) is 3.52. The molecule has 0 unspecified atom stereocenters. The highest BCUT2D eigenvalue weighted by Crippen LogP contribution is 2.18. The second-order valence-corrected chi connectivity index (χ2v) is 2.72. The third kappa shape index (κ3) is 1.63. The molecule has 0 fully saturated rings. The van der Waals surface area contributed by atoms with Gasteiger partial charge in [-0.05, 0) is 24.6 Å². The maximum atomic E-state index is 12.4. The van der Waals surface area contributed by atoms with E-state index in [0.29, 0.717) is 5.56 Å². The largest absolute Gasteiger partial charge is 0.374 e. The molecule has 1 rings (SSSR count). The average molecular weight is 164 g/mol. The minimum atomic E-state index is -1.31. The zero-order valence-electron chi connectivity index (χ0n) is 6.71. The number of aliphatic hydroxyl groups is 1. The molecule has 1 N–H and O–H groups in total. The molecule has 0 aliphatic carbocycles. The molecule has 1 aromatic rings. The average Bonchev–Trinajstić information content (AvgIpc) is 2.05. The van der Waals surface area contributed by atoms with Gasteiger partial charge in [0.15, 0.2) is 0 Å². The van der Waals surface area contributed by atoms with Crippen LogP contribution in [-0.2, 0) is 5.60 Å². The normalized spacial score (nSPS) is 14.8. The van der Waals surface area contributed by atoms with Crippen LogP contribution in [0.4, 0.5) is 4.39 Å². The highest BCUT2D eigenvalue weighted by atomic mass is 19.1. The van der Waals surface area contributed by atoms with Crippen LogP contribution in [0.3, 0.4) is 0 Å². The van der Waals surface area contributed by atoms with Gasteiger partial charge < -0.3 is 5.11 Å². The summed E-state index contributed by atoms with van der Waals surface area (Å²) < 4.78 is 12.4. The van der Waals surface area contributed by atoms with E-state index in [0.717, 1.165) is 0 Å². The zero-order valence-corrected chi connectivity index (χ0v) is 6.71. The second kappa shape index (κ2) is 2.96. The van der Waals surface area contributed by atoms with Crippen LogP contribution in [-0.4, -0.2) is 5.11 Å². The van der Waals surface area contributed by atoms with Crippen molar-refractivity contribution in [3.8, 4) is 12.3 Å². The molecule has 1 nitrogen and oxygen atoms in total. The Bertz CT molecular complexity index is 306. The van der Waals surface area contributed by atoms with Gasteiger partial charge in [0.25, 0.3) is 0 Å². The number of hydrogen-bond donors (Lipinski definition) is 1. The van der Waals surface area contributed by atoms with Gasteiger partial charge in [0.05, 0.1) is 0 Å². The van der Waals surface area contributed by atoms with Crippen LogP contribution in [0, 0.1) is 18.2 Å². The highest BCUT2D eigenvalue weighted by molar-refractivity contribution is 5.29. The molecule has 0 heterocycles. The monoisotopic (exact) mass is 164 g/mol. The molecule has 0 radical (unpaired) electrons. The van der Waals surface area contributed by atoms with Crippen LogP contribution in [0.15, 0.2) is 24.3 Å². The summed E-state index contributed by atoms with van der Waals surface area (Å²) in [5.74, 6) is 1.87. The maximum absolute atomic E-state index is 12.4. The minimum Gasteiger partial charge on any atom is -0.374 e. The summed E-state index contributed by atoms with van der Waals surface area (Å²) in [6.45, 7) is 1.49. The topological polar surface area (TPSA) is 20.2 Å². The standard InChI is InChI=1S/C10H9FO/c1-3-10(2,12)8-4-6-9(11)7-5-8/h1,4-7,12H,2H3/t10-/m0/s1. The van der Waals surface area contributed by atoms with Crippen molar-refractivity contribution >= 4 is 0 Å². The van der Waals surface area contributed by atoms with Crippen molar-refractivity contribution in [1.82, 2.24) is 0 Å². The molecule has 0 saturated heterocycles. The lowest BCUT2D eigenvalue weighted by molar-refractivity contribution is 0.122. The second-order valence-electron chi connectivity index (χ2n) is 2.72. The lowest BCUT2D eigenvalue weighted by Crippen LogP contribution is -2.17. The summed E-state index contributed by atoms with van der Waals surface area (Å²) in [7, 11) is 0. The van der Waals surface area contributed by atoms with E-state index in [1.165, 1.54) is 31.2 Å². The first-order valence-corrected chi connectivity index (χ1v) is 3.52. The first kappa shape index (κ1) is 8.76. The fourth-order valence-corrected chi connectivity index (χ4v) is 0.858. The molecule has 2 heteroatoms. The van der Waals surface area contributed by atoms with Crippen LogP contribution in [0.1, 0.15) is 12.5 Å². The number of rotatable bonds is 1. The van der Waals surface area contributed by atoms with Gasteiger partial charge in [0.2, 0.25) is 0 Å². The summed E-state index contributed by atoms with van der Waals surface area (Å²) >= 11 is 0. The van der Waals surface area contributed by atoms with Crippen LogP contribution >= 0.6 is 0 Å². The van der Waals surface area contributed by atoms with Crippen LogP contribution < -0.4 is 0 Å². The molecule has 0 aliphatic heterocycles. The molecule has 0 bridgehead atoms. The van der Waals surface area contributed by atoms with E-state index in [2.05, 4.69) is 5.92 Å². The van der Waals surface area contributed by atoms with E-state index in [-0.39, 0.29) is 5.82 Å². The van der Waals surface area contributed by atoms with Crippen molar-refractivity contribution in [3.63, 3.8) is 0 Å². The van der Waals surface area contributed by atoms with E-state index in [4.69, 9.17) is 6.42 Å². The van der Waals surface area contributed by atoms with E-state index in [1.54, 1.807) is 0 Å². The molecule has 0 amide bonds. The predicted molar refractivity (Wildman–Crippen MR) is 44.8 cm³/mol. The van der Waals surface area contributed by atoms with Gasteiger partial charge in [0.1, 0.15) is 11.4 Å². The lowest BCUT2D eigenvalue weighted by Gasteiger charge is -2.15. The van der Waals surface area contributed by atoms with Gasteiger partial charge in [-0.25, -0.2) is 4.39 Å². The fourth-order valence-electron chi connectivity index (χ4n) is 0.858. The molecule has 1 aromatic carbocycles. The zero-order chi connectivity index (χ0) is 9.19. The molecule has 1 atom stereocenters. The molecular formula is C10H9FO. The lowest BCUT2D eigenvalue weighted by atomic mass is 9.97. The summed E-state index contributed by atoms with van der Waals surface area (Å²) in [5.41, 5.74) is -0.792. The number of terminal acetylenes is 1. The number of hydrogen-bond acceptors (Lipinski definition) is 1. The number of halogens is 1. The van der Waals surface area contributed by atoms with E-state index < -0.39 is 5.60 Å². The Kier molecular flexibility index (Phi) is 2.16. The molecule has 0 saturated carbocycles. The Labute approximate surface area is 70.9 Å². The smallest absolute Gasteiger partial charge is 0.147 e. The Morgan fingerprint density at radius 2 is 1.92 bits per heavy atom. The molecular weight excluding hydrogens is 155 g/mol. The van der Waals surface area contributed by atoms with Gasteiger partial charge in [-0.1, -0.05) is 18.1 Å². The van der Waals surface area contributed by atoms with Crippen molar-refractivity contribution in [3.05, 3.63) is 35.6 Å². The summed E-state index contributed by atoms with van der Waals surface area (Å²) in [6.07, 6.45) is 5.08. The Hall–Kier alpha value is -1.33. The van der Waals surface area contributed by atoms with Gasteiger partial charge in [-0.3, -0.25) is 0 Å². The third-order valence-corrected chi connectivity index (χ3v) is 1.69. The van der Waals surface area contributed by atoms with E-state index in [9.17, 15) is 9.50 Å². The third-order valence-electron chi connectivity index (χ3n) is 1.69. The highest BCUT2D eigenvalue weighted by Gasteiger charge is 2.18. The van der Waals surface area contributed by atoms with Crippen molar-refractivity contribution in [2.24, 2.45) is 0 Å². The van der Waals surface area contributed by atoms with Gasteiger partial charge in [-0.15, -0.1) is 6.42 Å². The van der Waals surface area contributed by atoms with Crippen molar-refractivity contribution < 1.29 is 9.50 Å². The van der Waals surface area contributed by atoms with E-state index >= 15 is 0 Å². The van der Waals surface area contributed by atoms with Crippen LogP contribution in [0.5, 0.6) is 0 Å². The molecule has 0 aromatic heterocycles. The Balaban J connectivity index is 3.07. The Morgan fingerprint density at radius 1 is 1.42 bits per heavy atom. The summed E-state index contributed by atoms with van der Waals surface area (Å²) in [5, 5.41) is 9.53. The quantitative estimate of drug-likeness (QED) is 0.626. The molecule has 0 aliphatic rings. The van der Waals surface area contributed by atoms with Gasteiger partial charge in [0, 0.05) is 0 Å². The van der Waals surface area contributed by atoms with Crippen molar-refractivity contribution in [2.45, 2.75) is 12.5 Å². The Morgan fingerprint density at radius 3 is 2.33 bits per heavy atom. The van der Waals surface area contributed by atoms with Crippen LogP contribution in [0.2, 0.25) is 0 Å². The van der Waals surface area contributed by atoms with Crippen molar-refractivity contribution in [1.29, 1.82) is 0 Å². The van der Waals surface area contributed by atoms with E-state index in [1.807, 2.05) is 0 Å².